The van der Waals surface area contributed by atoms with Crippen LogP contribution in [0.2, 0.25) is 0 Å². The number of aryl methyl sites for hydroxylation is 1. The van der Waals surface area contributed by atoms with Gasteiger partial charge in [-0.1, -0.05) is 36.4 Å². The Morgan fingerprint density at radius 3 is 2.39 bits per heavy atom. The summed E-state index contributed by atoms with van der Waals surface area (Å²) in [5, 5.41) is 0.651. The molecule has 31 heavy (non-hydrogen) atoms. The van der Waals surface area contributed by atoms with Crippen LogP contribution >= 0.6 is 0 Å². The van der Waals surface area contributed by atoms with E-state index in [9.17, 15) is 9.18 Å². The Morgan fingerprint density at radius 1 is 0.935 bits per heavy atom. The molecule has 0 spiro atoms. The van der Waals surface area contributed by atoms with Crippen molar-refractivity contribution in [2.24, 2.45) is 7.05 Å². The summed E-state index contributed by atoms with van der Waals surface area (Å²) in [6.07, 6.45) is 1.78. The monoisotopic (exact) mass is 414 g/mol. The lowest BCUT2D eigenvalue weighted by molar-refractivity contribution is 0.0749. The topological polar surface area (TPSA) is 41.4 Å². The fraction of sp³-hybridized carbons (Fsp3) is 0.200. The number of carbonyl (C=O) groups excluding carboxylic acids is 1. The summed E-state index contributed by atoms with van der Waals surface area (Å²) in [5.41, 5.74) is 3.17. The van der Waals surface area contributed by atoms with Gasteiger partial charge < -0.3 is 14.4 Å². The Bertz CT molecular complexity index is 1230. The number of hydrogen-bond donors (Lipinski definition) is 0. The number of benzene rings is 2. The first-order valence-corrected chi connectivity index (χ1v) is 10.4. The third kappa shape index (κ3) is 3.44. The highest BCUT2D eigenvalue weighted by atomic mass is 19.1. The van der Waals surface area contributed by atoms with E-state index in [0.29, 0.717) is 37.1 Å². The van der Waals surface area contributed by atoms with Crippen LogP contribution in [0.1, 0.15) is 10.4 Å². The van der Waals surface area contributed by atoms with Gasteiger partial charge in [-0.3, -0.25) is 4.79 Å². The first kappa shape index (κ1) is 19.3. The zero-order chi connectivity index (χ0) is 21.4. The van der Waals surface area contributed by atoms with Crippen molar-refractivity contribution < 1.29 is 9.18 Å². The predicted molar refractivity (Wildman–Crippen MR) is 121 cm³/mol. The summed E-state index contributed by atoms with van der Waals surface area (Å²) in [7, 11) is 1.93. The van der Waals surface area contributed by atoms with Crippen molar-refractivity contribution >= 4 is 22.6 Å². The zero-order valence-corrected chi connectivity index (χ0v) is 17.3. The minimum Gasteiger partial charge on any atom is -0.353 e. The van der Waals surface area contributed by atoms with E-state index in [1.807, 2.05) is 65.0 Å². The smallest absolute Gasteiger partial charge is 0.256 e. The van der Waals surface area contributed by atoms with Crippen molar-refractivity contribution in [2.75, 3.05) is 31.1 Å². The summed E-state index contributed by atoms with van der Waals surface area (Å²) in [6, 6.07) is 20.3. The van der Waals surface area contributed by atoms with Gasteiger partial charge >= 0.3 is 0 Å². The molecule has 1 amide bonds. The number of halogens is 1. The molecule has 0 atom stereocenters. The molecule has 0 radical (unpaired) electrons. The van der Waals surface area contributed by atoms with Crippen molar-refractivity contribution in [3.05, 3.63) is 84.3 Å². The number of nitrogens with zero attached hydrogens (tertiary/aromatic N) is 4. The van der Waals surface area contributed by atoms with E-state index in [2.05, 4.69) is 9.88 Å². The third-order valence-corrected chi connectivity index (χ3v) is 5.96. The number of fused-ring (bicyclic) bond motifs is 1. The SMILES string of the molecule is Cn1c(-c2ccccc2)c(C(=O)N2CCN(c3ccccn3)CC2)c2cc(F)ccc21. The lowest BCUT2D eigenvalue weighted by atomic mass is 10.0. The fourth-order valence-corrected chi connectivity index (χ4v) is 4.40. The van der Waals surface area contributed by atoms with E-state index < -0.39 is 0 Å². The van der Waals surface area contributed by atoms with Crippen LogP contribution in [0, 0.1) is 5.82 Å². The second-order valence-corrected chi connectivity index (χ2v) is 7.78. The minimum absolute atomic E-state index is 0.0595. The van der Waals surface area contributed by atoms with Gasteiger partial charge in [-0.25, -0.2) is 9.37 Å². The van der Waals surface area contributed by atoms with Gasteiger partial charge in [-0.15, -0.1) is 0 Å². The standard InChI is InChI=1S/C25H23FN4O/c1-28-21-11-10-19(26)17-20(21)23(24(28)18-7-3-2-4-8-18)25(31)30-15-13-29(14-16-30)22-9-5-6-12-27-22/h2-12,17H,13-16H2,1H3. The second-order valence-electron chi connectivity index (χ2n) is 7.78. The predicted octanol–water partition coefficient (Wildman–Crippen LogP) is 4.34. The summed E-state index contributed by atoms with van der Waals surface area (Å²) >= 11 is 0. The molecule has 0 bridgehead atoms. The molecule has 0 unspecified atom stereocenters. The van der Waals surface area contributed by atoms with Gasteiger partial charge in [0.05, 0.1) is 11.3 Å². The molecule has 2 aromatic carbocycles. The van der Waals surface area contributed by atoms with Crippen LogP contribution in [0.25, 0.3) is 22.2 Å². The molecule has 1 aliphatic rings. The Balaban J connectivity index is 1.52. The summed E-state index contributed by atoms with van der Waals surface area (Å²) in [4.78, 5) is 22.2. The van der Waals surface area contributed by atoms with Crippen molar-refractivity contribution in [1.29, 1.82) is 0 Å². The number of rotatable bonds is 3. The van der Waals surface area contributed by atoms with E-state index in [4.69, 9.17) is 0 Å². The van der Waals surface area contributed by atoms with E-state index in [1.54, 1.807) is 12.3 Å². The average molecular weight is 414 g/mol. The molecule has 0 N–H and O–H groups in total. The molecular formula is C25H23FN4O. The molecular weight excluding hydrogens is 391 g/mol. The number of carbonyl (C=O) groups is 1. The molecule has 2 aromatic heterocycles. The Kier molecular flexibility index (Phi) is 4.90. The zero-order valence-electron chi connectivity index (χ0n) is 17.3. The fourth-order valence-electron chi connectivity index (χ4n) is 4.40. The van der Waals surface area contributed by atoms with Crippen LogP contribution < -0.4 is 4.90 Å². The lowest BCUT2D eigenvalue weighted by Crippen LogP contribution is -2.49. The number of aromatic nitrogens is 2. The molecule has 0 aliphatic carbocycles. The van der Waals surface area contributed by atoms with Gasteiger partial charge in [0.1, 0.15) is 11.6 Å². The van der Waals surface area contributed by atoms with Crippen molar-refractivity contribution in [2.45, 2.75) is 0 Å². The molecule has 5 rings (SSSR count). The molecule has 3 heterocycles. The van der Waals surface area contributed by atoms with Crippen LogP contribution in [0.5, 0.6) is 0 Å². The molecule has 5 nitrogen and oxygen atoms in total. The minimum atomic E-state index is -0.341. The van der Waals surface area contributed by atoms with Crippen molar-refractivity contribution in [3.63, 3.8) is 0 Å². The maximum absolute atomic E-state index is 14.2. The maximum Gasteiger partial charge on any atom is 0.256 e. The van der Waals surface area contributed by atoms with Crippen molar-refractivity contribution in [1.82, 2.24) is 14.5 Å². The second kappa shape index (κ2) is 7.87. The summed E-state index contributed by atoms with van der Waals surface area (Å²) in [5.74, 6) is 0.522. The van der Waals surface area contributed by atoms with Gasteiger partial charge in [0.25, 0.3) is 5.91 Å². The molecule has 0 saturated carbocycles. The largest absolute Gasteiger partial charge is 0.353 e. The van der Waals surface area contributed by atoms with E-state index in [1.165, 1.54) is 12.1 Å². The quantitative estimate of drug-likeness (QED) is 0.501. The van der Waals surface area contributed by atoms with E-state index >= 15 is 0 Å². The van der Waals surface area contributed by atoms with Gasteiger partial charge in [-0.2, -0.15) is 0 Å². The first-order chi connectivity index (χ1) is 15.1. The van der Waals surface area contributed by atoms with Crippen LogP contribution in [-0.4, -0.2) is 46.5 Å². The highest BCUT2D eigenvalue weighted by Gasteiger charge is 2.29. The molecule has 1 saturated heterocycles. The summed E-state index contributed by atoms with van der Waals surface area (Å²) < 4.78 is 16.1. The van der Waals surface area contributed by atoms with E-state index in [-0.39, 0.29) is 11.7 Å². The molecule has 1 fully saturated rings. The van der Waals surface area contributed by atoms with Gasteiger partial charge in [0.2, 0.25) is 0 Å². The van der Waals surface area contributed by atoms with Crippen molar-refractivity contribution in [3.8, 4) is 11.3 Å². The average Bonchev–Trinajstić information content (AvgIpc) is 3.11. The molecule has 6 heteroatoms. The highest BCUT2D eigenvalue weighted by molar-refractivity contribution is 6.12. The molecule has 4 aromatic rings. The van der Waals surface area contributed by atoms with Crippen LogP contribution in [0.3, 0.4) is 0 Å². The lowest BCUT2D eigenvalue weighted by Gasteiger charge is -2.35. The Hall–Kier alpha value is -3.67. The molecule has 1 aliphatic heterocycles. The van der Waals surface area contributed by atoms with Gasteiger partial charge in [0.15, 0.2) is 0 Å². The molecule has 156 valence electrons. The van der Waals surface area contributed by atoms with E-state index in [0.717, 1.165) is 22.6 Å². The number of amides is 1. The van der Waals surface area contributed by atoms with Gasteiger partial charge in [-0.05, 0) is 35.9 Å². The van der Waals surface area contributed by atoms with Crippen LogP contribution in [0.4, 0.5) is 10.2 Å². The maximum atomic E-state index is 14.2. The van der Waals surface area contributed by atoms with Crippen LogP contribution in [0.15, 0.2) is 72.9 Å². The first-order valence-electron chi connectivity index (χ1n) is 10.4. The summed E-state index contributed by atoms with van der Waals surface area (Å²) in [6.45, 7) is 2.61. The highest BCUT2D eigenvalue weighted by Crippen LogP contribution is 2.34. The normalized spacial score (nSPS) is 14.3. The van der Waals surface area contributed by atoms with Gasteiger partial charge in [0, 0.05) is 50.3 Å². The number of anilines is 1. The third-order valence-electron chi connectivity index (χ3n) is 5.96. The number of pyridine rings is 1. The number of hydrogen-bond acceptors (Lipinski definition) is 3. The Morgan fingerprint density at radius 2 is 1.68 bits per heavy atom. The Labute approximate surface area is 180 Å². The van der Waals surface area contributed by atoms with Crippen LogP contribution in [-0.2, 0) is 7.05 Å². The number of piperazine rings is 1.